The van der Waals surface area contributed by atoms with E-state index in [1.54, 1.807) is 12.3 Å². The van der Waals surface area contributed by atoms with E-state index >= 15 is 0 Å². The fourth-order valence-corrected chi connectivity index (χ4v) is 1.72. The van der Waals surface area contributed by atoms with Gasteiger partial charge in [0.05, 0.1) is 12.2 Å². The molecule has 20 heavy (non-hydrogen) atoms. The molecular weight excluding hydrogens is 291 g/mol. The van der Waals surface area contributed by atoms with E-state index < -0.39 is 18.3 Å². The molecular formula is C13H15ClF3N3. The number of halogens is 4. The van der Waals surface area contributed by atoms with E-state index in [1.807, 2.05) is 0 Å². The summed E-state index contributed by atoms with van der Waals surface area (Å²) < 4.78 is 39.9. The summed E-state index contributed by atoms with van der Waals surface area (Å²) >= 11 is 0. The molecule has 0 amide bonds. The third-order valence-corrected chi connectivity index (χ3v) is 2.66. The maximum Gasteiger partial charge on any atom is 0.163 e. The van der Waals surface area contributed by atoms with Crippen molar-refractivity contribution in [1.82, 2.24) is 15.1 Å². The Morgan fingerprint density at radius 2 is 1.95 bits per heavy atom. The molecule has 1 N–H and O–H groups in total. The summed E-state index contributed by atoms with van der Waals surface area (Å²) in [6.45, 7) is 0.371. The molecule has 2 aromatic rings. The van der Waals surface area contributed by atoms with Gasteiger partial charge in [-0.2, -0.15) is 5.10 Å². The number of hydrogen-bond donors (Lipinski definition) is 1. The van der Waals surface area contributed by atoms with Crippen LogP contribution in [0.4, 0.5) is 13.2 Å². The Bertz CT molecular complexity index is 545. The fourth-order valence-electron chi connectivity index (χ4n) is 1.72. The zero-order valence-corrected chi connectivity index (χ0v) is 11.5. The molecule has 0 fully saturated rings. The first-order valence-corrected chi connectivity index (χ1v) is 5.92. The Balaban J connectivity index is 0.00000200. The molecule has 1 aromatic heterocycles. The van der Waals surface area contributed by atoms with Crippen molar-refractivity contribution in [1.29, 1.82) is 0 Å². The number of hydrogen-bond acceptors (Lipinski definition) is 2. The second kappa shape index (κ2) is 7.91. The van der Waals surface area contributed by atoms with Crippen molar-refractivity contribution in [2.24, 2.45) is 0 Å². The highest BCUT2D eigenvalue weighted by Gasteiger charge is 2.07. The van der Waals surface area contributed by atoms with Gasteiger partial charge in [0.25, 0.3) is 0 Å². The van der Waals surface area contributed by atoms with Crippen LogP contribution in [-0.2, 0) is 19.6 Å². The summed E-state index contributed by atoms with van der Waals surface area (Å²) in [5.74, 6) is -1.69. The summed E-state index contributed by atoms with van der Waals surface area (Å²) in [5.41, 5.74) is 0.994. The lowest BCUT2D eigenvalue weighted by Gasteiger charge is -2.05. The molecule has 0 radical (unpaired) electrons. The molecule has 1 heterocycles. The van der Waals surface area contributed by atoms with Crippen molar-refractivity contribution < 1.29 is 13.2 Å². The van der Waals surface area contributed by atoms with Crippen molar-refractivity contribution >= 4 is 12.4 Å². The summed E-state index contributed by atoms with van der Waals surface area (Å²) in [4.78, 5) is 0. The number of benzene rings is 1. The van der Waals surface area contributed by atoms with Crippen LogP contribution in [0.25, 0.3) is 0 Å². The molecule has 0 atom stereocenters. The van der Waals surface area contributed by atoms with Gasteiger partial charge in [-0.1, -0.05) is 12.1 Å². The Hall–Kier alpha value is -1.53. The maximum atomic E-state index is 13.4. The molecule has 1 aromatic carbocycles. The van der Waals surface area contributed by atoms with Crippen LogP contribution in [0.3, 0.4) is 0 Å². The number of nitrogens with zero attached hydrogens (tertiary/aromatic N) is 2. The van der Waals surface area contributed by atoms with Crippen molar-refractivity contribution in [3.63, 3.8) is 0 Å². The average molecular weight is 306 g/mol. The van der Waals surface area contributed by atoms with Crippen LogP contribution in [0.2, 0.25) is 0 Å². The molecule has 0 unspecified atom stereocenters. The van der Waals surface area contributed by atoms with Gasteiger partial charge in [0.2, 0.25) is 0 Å². The monoisotopic (exact) mass is 305 g/mol. The summed E-state index contributed by atoms with van der Waals surface area (Å²) in [6, 6.07) is 5.82. The normalized spacial score (nSPS) is 10.3. The molecule has 110 valence electrons. The average Bonchev–Trinajstić information content (AvgIpc) is 2.83. The zero-order valence-electron chi connectivity index (χ0n) is 10.7. The molecule has 2 rings (SSSR count). The Morgan fingerprint density at radius 1 is 1.15 bits per heavy atom. The predicted molar refractivity (Wildman–Crippen MR) is 72.4 cm³/mol. The third kappa shape index (κ3) is 4.25. The van der Waals surface area contributed by atoms with Gasteiger partial charge in [0, 0.05) is 24.8 Å². The number of aryl methyl sites for hydroxylation is 1. The van der Waals surface area contributed by atoms with Gasteiger partial charge in [0.1, 0.15) is 6.67 Å². The smallest absolute Gasteiger partial charge is 0.163 e. The Labute approximate surface area is 121 Å². The van der Waals surface area contributed by atoms with Crippen LogP contribution in [0.5, 0.6) is 0 Å². The minimum absolute atomic E-state index is 0. The molecule has 0 saturated heterocycles. The van der Waals surface area contributed by atoms with E-state index in [9.17, 15) is 13.2 Å². The lowest BCUT2D eigenvalue weighted by molar-refractivity contribution is 0.425. The van der Waals surface area contributed by atoms with Crippen LogP contribution >= 0.6 is 12.4 Å². The molecule has 0 aliphatic carbocycles. The molecule has 0 spiro atoms. The van der Waals surface area contributed by atoms with Gasteiger partial charge < -0.3 is 5.32 Å². The quantitative estimate of drug-likeness (QED) is 0.889. The van der Waals surface area contributed by atoms with Crippen LogP contribution in [0.15, 0.2) is 30.5 Å². The Kier molecular flexibility index (Phi) is 6.54. The van der Waals surface area contributed by atoms with Gasteiger partial charge >= 0.3 is 0 Å². The molecule has 0 saturated carbocycles. The first-order chi connectivity index (χ1) is 9.20. The lowest BCUT2D eigenvalue weighted by Crippen LogP contribution is -2.15. The minimum atomic E-state index is -0.855. The molecule has 0 aliphatic rings. The van der Waals surface area contributed by atoms with E-state index in [1.165, 1.54) is 16.8 Å². The van der Waals surface area contributed by atoms with Gasteiger partial charge in [0.15, 0.2) is 11.6 Å². The molecule has 0 aliphatic heterocycles. The van der Waals surface area contributed by atoms with Gasteiger partial charge in [-0.05, 0) is 12.1 Å². The second-order valence-electron chi connectivity index (χ2n) is 4.08. The SMILES string of the molecule is Cl.FCCn1ccc(CNCc2cccc(F)c2F)n1. The lowest BCUT2D eigenvalue weighted by atomic mass is 10.2. The number of rotatable bonds is 6. The number of aromatic nitrogens is 2. The number of nitrogens with one attached hydrogen (secondary N) is 1. The van der Waals surface area contributed by atoms with E-state index in [4.69, 9.17) is 0 Å². The van der Waals surface area contributed by atoms with E-state index in [0.29, 0.717) is 6.54 Å². The predicted octanol–water partition coefficient (Wildman–Crippen LogP) is 2.84. The van der Waals surface area contributed by atoms with E-state index in [-0.39, 0.29) is 31.1 Å². The van der Waals surface area contributed by atoms with Gasteiger partial charge in [-0.3, -0.25) is 4.68 Å². The van der Waals surface area contributed by atoms with Crippen LogP contribution in [0.1, 0.15) is 11.3 Å². The standard InChI is InChI=1S/C13H14F3N3.ClH/c14-5-7-19-6-4-11(18-19)9-17-8-10-2-1-3-12(15)13(10)16;/h1-4,6,17H,5,7-9H2;1H. The molecule has 7 heteroatoms. The third-order valence-electron chi connectivity index (χ3n) is 2.66. The highest BCUT2D eigenvalue weighted by atomic mass is 35.5. The van der Waals surface area contributed by atoms with Crippen LogP contribution in [-0.4, -0.2) is 16.5 Å². The fraction of sp³-hybridized carbons (Fsp3) is 0.308. The summed E-state index contributed by atoms with van der Waals surface area (Å²) in [5, 5.41) is 7.08. The highest BCUT2D eigenvalue weighted by Crippen LogP contribution is 2.11. The van der Waals surface area contributed by atoms with Crippen molar-refractivity contribution in [3.8, 4) is 0 Å². The molecule has 3 nitrogen and oxygen atoms in total. The molecule has 0 bridgehead atoms. The van der Waals surface area contributed by atoms with Crippen LogP contribution in [0, 0.1) is 11.6 Å². The van der Waals surface area contributed by atoms with Crippen molar-refractivity contribution in [2.45, 2.75) is 19.6 Å². The van der Waals surface area contributed by atoms with Crippen LogP contribution < -0.4 is 5.32 Å². The summed E-state index contributed by atoms with van der Waals surface area (Å²) in [6.07, 6.45) is 1.68. The second-order valence-corrected chi connectivity index (χ2v) is 4.08. The number of alkyl halides is 1. The maximum absolute atomic E-state index is 13.4. The van der Waals surface area contributed by atoms with Gasteiger partial charge in [-0.25, -0.2) is 13.2 Å². The Morgan fingerprint density at radius 3 is 2.70 bits per heavy atom. The first-order valence-electron chi connectivity index (χ1n) is 5.92. The van der Waals surface area contributed by atoms with Gasteiger partial charge in [-0.15, -0.1) is 12.4 Å². The van der Waals surface area contributed by atoms with E-state index in [2.05, 4.69) is 10.4 Å². The summed E-state index contributed by atoms with van der Waals surface area (Å²) in [7, 11) is 0. The first kappa shape index (κ1) is 16.5. The zero-order chi connectivity index (χ0) is 13.7. The largest absolute Gasteiger partial charge is 0.307 e. The topological polar surface area (TPSA) is 29.9 Å². The minimum Gasteiger partial charge on any atom is -0.307 e. The van der Waals surface area contributed by atoms with Crippen molar-refractivity contribution in [2.75, 3.05) is 6.67 Å². The highest BCUT2D eigenvalue weighted by molar-refractivity contribution is 5.85. The van der Waals surface area contributed by atoms with Crippen molar-refractivity contribution in [3.05, 3.63) is 53.4 Å². The van der Waals surface area contributed by atoms with E-state index in [0.717, 1.165) is 11.8 Å².